The SMILES string of the molecule is C1COCCO1.N#CC1=C(N)Oc2[nH]c(=O)[nH]c(=O)c2C1c1cccc(Cl)c1. The fraction of sp³-hybridized carbons (Fsp3) is 0.278. The normalized spacial score (nSPS) is 18.2. The zero-order valence-corrected chi connectivity index (χ0v) is 15.4. The predicted octanol–water partition coefficient (Wildman–Crippen LogP) is 0.968. The van der Waals surface area contributed by atoms with Gasteiger partial charge >= 0.3 is 5.69 Å². The number of halogens is 1. The zero-order valence-electron chi connectivity index (χ0n) is 14.7. The molecule has 146 valence electrons. The van der Waals surface area contributed by atoms with Gasteiger partial charge in [-0.05, 0) is 17.7 Å². The van der Waals surface area contributed by atoms with Crippen LogP contribution in [0.25, 0.3) is 0 Å². The summed E-state index contributed by atoms with van der Waals surface area (Å²) in [5.74, 6) is -1.01. The summed E-state index contributed by atoms with van der Waals surface area (Å²) in [6, 6.07) is 8.64. The number of fused-ring (bicyclic) bond motifs is 1. The van der Waals surface area contributed by atoms with E-state index in [1.54, 1.807) is 24.3 Å². The number of rotatable bonds is 1. The summed E-state index contributed by atoms with van der Waals surface area (Å²) in [4.78, 5) is 28.0. The Morgan fingerprint density at radius 3 is 2.39 bits per heavy atom. The van der Waals surface area contributed by atoms with Gasteiger partial charge in [0.1, 0.15) is 11.6 Å². The lowest BCUT2D eigenvalue weighted by atomic mass is 9.85. The second-order valence-electron chi connectivity index (χ2n) is 5.86. The third-order valence-electron chi connectivity index (χ3n) is 4.04. The first-order valence-corrected chi connectivity index (χ1v) is 8.74. The van der Waals surface area contributed by atoms with Crippen molar-refractivity contribution in [3.8, 4) is 11.9 Å². The highest BCUT2D eigenvalue weighted by Gasteiger charge is 2.34. The second kappa shape index (κ2) is 8.75. The van der Waals surface area contributed by atoms with E-state index in [4.69, 9.17) is 31.5 Å². The molecule has 9 nitrogen and oxygen atoms in total. The average Bonchev–Trinajstić information content (AvgIpc) is 2.68. The third-order valence-corrected chi connectivity index (χ3v) is 4.28. The van der Waals surface area contributed by atoms with E-state index in [0.29, 0.717) is 10.6 Å². The van der Waals surface area contributed by atoms with Gasteiger partial charge < -0.3 is 19.9 Å². The van der Waals surface area contributed by atoms with Crippen LogP contribution in [0.15, 0.2) is 45.3 Å². The number of H-pyrrole nitrogens is 2. The maximum Gasteiger partial charge on any atom is 0.328 e. The van der Waals surface area contributed by atoms with Gasteiger partial charge in [-0.2, -0.15) is 5.26 Å². The number of ether oxygens (including phenoxy) is 3. The number of aromatic nitrogens is 2. The molecule has 3 heterocycles. The van der Waals surface area contributed by atoms with Gasteiger partial charge in [0, 0.05) is 5.02 Å². The molecule has 28 heavy (non-hydrogen) atoms. The molecule has 4 rings (SSSR count). The van der Waals surface area contributed by atoms with Crippen LogP contribution in [0.2, 0.25) is 5.02 Å². The quantitative estimate of drug-likeness (QED) is 0.642. The van der Waals surface area contributed by atoms with Crippen LogP contribution < -0.4 is 21.7 Å². The van der Waals surface area contributed by atoms with Crippen molar-refractivity contribution in [2.45, 2.75) is 5.92 Å². The van der Waals surface area contributed by atoms with Crippen molar-refractivity contribution in [2.75, 3.05) is 26.4 Å². The molecule has 2 aliphatic heterocycles. The molecule has 1 aromatic heterocycles. The van der Waals surface area contributed by atoms with Crippen LogP contribution in [0.5, 0.6) is 5.88 Å². The van der Waals surface area contributed by atoms with Gasteiger partial charge in [-0.25, -0.2) is 4.79 Å². The molecule has 0 amide bonds. The Balaban J connectivity index is 0.000000320. The number of allylic oxidation sites excluding steroid dienone is 1. The topological polar surface area (TPSA) is 143 Å². The number of nitrogens with one attached hydrogen (secondary N) is 2. The Morgan fingerprint density at radius 1 is 1.14 bits per heavy atom. The summed E-state index contributed by atoms with van der Waals surface area (Å²) in [5, 5.41) is 9.80. The number of aromatic amines is 2. The molecule has 2 aliphatic rings. The third kappa shape index (κ3) is 4.26. The second-order valence-corrected chi connectivity index (χ2v) is 6.29. The highest BCUT2D eigenvalue weighted by atomic mass is 35.5. The standard InChI is InChI=1S/C14H9ClN4O3.C4H8O2/c15-7-3-1-2-6(4-7)9-8(5-16)11(17)22-13-10(9)12(20)18-14(21)19-13;1-2-6-4-3-5-1/h1-4,9H,17H2,(H2,18,19,20,21);1-4H2. The maximum absolute atomic E-state index is 12.2. The molecule has 0 saturated carbocycles. The van der Waals surface area contributed by atoms with E-state index in [0.717, 1.165) is 26.4 Å². The monoisotopic (exact) mass is 404 g/mol. The van der Waals surface area contributed by atoms with E-state index in [9.17, 15) is 14.9 Å². The fourth-order valence-corrected chi connectivity index (χ4v) is 3.05. The molecule has 0 bridgehead atoms. The van der Waals surface area contributed by atoms with Crippen molar-refractivity contribution < 1.29 is 14.2 Å². The number of nitrogens with zero attached hydrogens (tertiary/aromatic N) is 1. The summed E-state index contributed by atoms with van der Waals surface area (Å²) in [5.41, 5.74) is 5.14. The van der Waals surface area contributed by atoms with Gasteiger partial charge in [-0.3, -0.25) is 14.8 Å². The van der Waals surface area contributed by atoms with Crippen LogP contribution in [0.1, 0.15) is 17.0 Å². The lowest BCUT2D eigenvalue weighted by molar-refractivity contribution is -0.0334. The number of nitrogens with two attached hydrogens (primary N) is 1. The van der Waals surface area contributed by atoms with Gasteiger partial charge in [-0.1, -0.05) is 23.7 Å². The molecule has 0 aliphatic carbocycles. The molecule has 1 atom stereocenters. The molecule has 1 aromatic carbocycles. The summed E-state index contributed by atoms with van der Waals surface area (Å²) in [6.07, 6.45) is 0. The molecule has 0 spiro atoms. The average molecular weight is 405 g/mol. The van der Waals surface area contributed by atoms with E-state index in [2.05, 4.69) is 9.97 Å². The van der Waals surface area contributed by atoms with E-state index < -0.39 is 17.2 Å². The van der Waals surface area contributed by atoms with Crippen LogP contribution in [-0.2, 0) is 9.47 Å². The van der Waals surface area contributed by atoms with Crippen molar-refractivity contribution in [1.82, 2.24) is 9.97 Å². The maximum atomic E-state index is 12.2. The molecule has 2 aromatic rings. The van der Waals surface area contributed by atoms with Crippen molar-refractivity contribution in [2.24, 2.45) is 5.73 Å². The molecule has 10 heteroatoms. The molecule has 1 unspecified atom stereocenters. The first-order valence-electron chi connectivity index (χ1n) is 8.36. The van der Waals surface area contributed by atoms with Crippen LogP contribution in [0.3, 0.4) is 0 Å². The molecule has 4 N–H and O–H groups in total. The van der Waals surface area contributed by atoms with Gasteiger partial charge in [0.2, 0.25) is 11.8 Å². The molecular weight excluding hydrogens is 388 g/mol. The Bertz CT molecular complexity index is 1040. The van der Waals surface area contributed by atoms with Crippen LogP contribution in [0.4, 0.5) is 0 Å². The molecule has 0 radical (unpaired) electrons. The zero-order chi connectivity index (χ0) is 20.1. The summed E-state index contributed by atoms with van der Waals surface area (Å²) in [6.45, 7) is 3.11. The van der Waals surface area contributed by atoms with E-state index >= 15 is 0 Å². The van der Waals surface area contributed by atoms with Crippen LogP contribution >= 0.6 is 11.6 Å². The van der Waals surface area contributed by atoms with E-state index in [1.165, 1.54) is 0 Å². The first-order chi connectivity index (χ1) is 13.5. The fourth-order valence-electron chi connectivity index (χ4n) is 2.85. The van der Waals surface area contributed by atoms with Gasteiger partial charge in [0.15, 0.2) is 0 Å². The van der Waals surface area contributed by atoms with Crippen molar-refractivity contribution in [1.29, 1.82) is 5.26 Å². The summed E-state index contributed by atoms with van der Waals surface area (Å²) in [7, 11) is 0. The lowest BCUT2D eigenvalue weighted by Crippen LogP contribution is -2.33. The van der Waals surface area contributed by atoms with E-state index in [1.807, 2.05) is 6.07 Å². The molecular formula is C18H17ClN4O5. The minimum absolute atomic E-state index is 0.0739. The predicted molar refractivity (Wildman–Crippen MR) is 100 cm³/mol. The summed E-state index contributed by atoms with van der Waals surface area (Å²) >= 11 is 5.98. The lowest BCUT2D eigenvalue weighted by Gasteiger charge is -2.24. The summed E-state index contributed by atoms with van der Waals surface area (Å²) < 4.78 is 15.1. The number of hydrogen-bond donors (Lipinski definition) is 3. The minimum Gasteiger partial charge on any atom is -0.424 e. The van der Waals surface area contributed by atoms with E-state index in [-0.39, 0.29) is 22.9 Å². The first kappa shape index (κ1) is 19.7. The van der Waals surface area contributed by atoms with Crippen LogP contribution in [0, 0.1) is 11.3 Å². The van der Waals surface area contributed by atoms with Gasteiger partial charge in [-0.15, -0.1) is 0 Å². The largest absolute Gasteiger partial charge is 0.424 e. The molecule has 1 fully saturated rings. The Kier molecular flexibility index (Phi) is 6.16. The van der Waals surface area contributed by atoms with Gasteiger partial charge in [0.25, 0.3) is 5.56 Å². The highest BCUT2D eigenvalue weighted by molar-refractivity contribution is 6.30. The smallest absolute Gasteiger partial charge is 0.328 e. The number of hydrogen-bond acceptors (Lipinski definition) is 7. The Labute approximate surface area is 164 Å². The van der Waals surface area contributed by atoms with Crippen molar-refractivity contribution in [3.63, 3.8) is 0 Å². The highest BCUT2D eigenvalue weighted by Crippen LogP contribution is 2.38. The van der Waals surface area contributed by atoms with Crippen LogP contribution in [-0.4, -0.2) is 36.4 Å². The van der Waals surface area contributed by atoms with Gasteiger partial charge in [0.05, 0.1) is 37.9 Å². The Hall–Kier alpha value is -3.06. The van der Waals surface area contributed by atoms with Crippen molar-refractivity contribution in [3.05, 3.63) is 72.7 Å². The molecule has 1 saturated heterocycles. The minimum atomic E-state index is -0.770. The Morgan fingerprint density at radius 2 is 1.82 bits per heavy atom. The number of benzene rings is 1. The number of nitriles is 1. The van der Waals surface area contributed by atoms with Crippen molar-refractivity contribution >= 4 is 11.6 Å².